The summed E-state index contributed by atoms with van der Waals surface area (Å²) < 4.78 is 0. The molecule has 0 fully saturated rings. The highest BCUT2D eigenvalue weighted by Gasteiger charge is 2.14. The average Bonchev–Trinajstić information content (AvgIpc) is 2.70. The van der Waals surface area contributed by atoms with Crippen LogP contribution in [-0.4, -0.2) is 10.1 Å². The molecule has 5 nitrogen and oxygen atoms in total. The van der Waals surface area contributed by atoms with E-state index >= 15 is 0 Å². The van der Waals surface area contributed by atoms with Crippen molar-refractivity contribution in [3.8, 4) is 6.07 Å². The summed E-state index contributed by atoms with van der Waals surface area (Å²) in [5.41, 5.74) is 15.1. The number of hydrogen-bond donors (Lipinski definition) is 3. The Morgan fingerprint density at radius 1 is 1.04 bits per heavy atom. The fourth-order valence-electron chi connectivity index (χ4n) is 2.61. The third-order valence-electron chi connectivity index (χ3n) is 4.01. The summed E-state index contributed by atoms with van der Waals surface area (Å²) in [4.78, 5) is 4.75. The number of rotatable bonds is 5. The molecule has 1 aromatic heterocycles. The maximum Gasteiger partial charge on any atom is 0.104 e. The van der Waals surface area contributed by atoms with E-state index < -0.39 is 6.10 Å². The molecule has 0 spiro atoms. The molecule has 3 rings (SSSR count). The first-order valence-electron chi connectivity index (χ1n) is 8.20. The van der Waals surface area contributed by atoms with Crippen molar-refractivity contribution in [2.75, 3.05) is 5.73 Å². The summed E-state index contributed by atoms with van der Waals surface area (Å²) in [6, 6.07) is 20.2. The van der Waals surface area contributed by atoms with Gasteiger partial charge in [0.2, 0.25) is 0 Å². The lowest BCUT2D eigenvalue weighted by atomic mass is 9.98. The molecule has 6 heteroatoms. The van der Waals surface area contributed by atoms with Crippen LogP contribution < -0.4 is 11.5 Å². The minimum Gasteiger partial charge on any atom is -0.398 e. The van der Waals surface area contributed by atoms with Crippen LogP contribution in [0.2, 0.25) is 0 Å². The molecule has 1 heterocycles. The number of nitrogen functional groups attached to an aromatic ring is 1. The van der Waals surface area contributed by atoms with Crippen molar-refractivity contribution in [2.45, 2.75) is 11.0 Å². The van der Waals surface area contributed by atoms with Crippen molar-refractivity contribution >= 4 is 23.0 Å². The van der Waals surface area contributed by atoms with Gasteiger partial charge in [-0.15, -0.1) is 0 Å². The molecular formula is C21H18N4OS. The first kappa shape index (κ1) is 18.5. The van der Waals surface area contributed by atoms with Gasteiger partial charge in [-0.25, -0.2) is 0 Å². The number of allylic oxidation sites excluding steroid dienone is 1. The summed E-state index contributed by atoms with van der Waals surface area (Å²) in [7, 11) is 0. The molecule has 1 unspecified atom stereocenters. The maximum absolute atomic E-state index is 10.6. The van der Waals surface area contributed by atoms with Gasteiger partial charge in [0.25, 0.3) is 0 Å². The van der Waals surface area contributed by atoms with E-state index in [4.69, 9.17) is 11.5 Å². The van der Waals surface area contributed by atoms with Crippen LogP contribution in [0, 0.1) is 11.3 Å². The zero-order valence-corrected chi connectivity index (χ0v) is 15.2. The van der Waals surface area contributed by atoms with Gasteiger partial charge < -0.3 is 16.6 Å². The third-order valence-corrected chi connectivity index (χ3v) is 5.03. The molecule has 0 aliphatic rings. The largest absolute Gasteiger partial charge is 0.398 e. The van der Waals surface area contributed by atoms with Crippen LogP contribution in [0.1, 0.15) is 22.8 Å². The van der Waals surface area contributed by atoms with Crippen molar-refractivity contribution in [1.82, 2.24) is 4.98 Å². The quantitative estimate of drug-likeness (QED) is 0.357. The van der Waals surface area contributed by atoms with Crippen LogP contribution >= 0.6 is 11.8 Å². The van der Waals surface area contributed by atoms with E-state index in [0.29, 0.717) is 27.4 Å². The molecule has 0 radical (unpaired) electrons. The summed E-state index contributed by atoms with van der Waals surface area (Å²) in [6.07, 6.45) is 2.44. The van der Waals surface area contributed by atoms with E-state index in [0.717, 1.165) is 10.5 Å². The zero-order chi connectivity index (χ0) is 19.2. The minimum absolute atomic E-state index is 0.340. The van der Waals surface area contributed by atoms with E-state index in [-0.39, 0.29) is 0 Å². The van der Waals surface area contributed by atoms with E-state index in [2.05, 4.69) is 11.1 Å². The number of pyridine rings is 1. The fraction of sp³-hybridized carbons (Fsp3) is 0.0476. The van der Waals surface area contributed by atoms with Gasteiger partial charge in [0.15, 0.2) is 0 Å². The molecule has 0 amide bonds. The molecule has 0 bridgehead atoms. The number of aromatic nitrogens is 1. The average molecular weight is 374 g/mol. The first-order chi connectivity index (χ1) is 13.1. The van der Waals surface area contributed by atoms with Gasteiger partial charge in [-0.3, -0.25) is 4.98 Å². The van der Waals surface area contributed by atoms with E-state index in [1.54, 1.807) is 48.8 Å². The molecule has 0 aliphatic carbocycles. The van der Waals surface area contributed by atoms with Crippen LogP contribution in [-0.2, 0) is 0 Å². The van der Waals surface area contributed by atoms with Crippen LogP contribution in [0.5, 0.6) is 0 Å². The number of nitriles is 1. The minimum atomic E-state index is -0.813. The van der Waals surface area contributed by atoms with E-state index in [1.807, 2.05) is 24.3 Å². The number of nitrogens with zero attached hydrogens (tertiary/aromatic N) is 2. The number of aliphatic hydroxyl groups is 1. The Hall–Kier alpha value is -3.27. The molecule has 0 saturated carbocycles. The van der Waals surface area contributed by atoms with Gasteiger partial charge in [0, 0.05) is 23.0 Å². The van der Waals surface area contributed by atoms with Gasteiger partial charge in [0.1, 0.15) is 12.2 Å². The number of aliphatic hydroxyl groups excluding tert-OH is 1. The third kappa shape index (κ3) is 4.29. The highest BCUT2D eigenvalue weighted by molar-refractivity contribution is 8.03. The Morgan fingerprint density at radius 3 is 2.48 bits per heavy atom. The molecule has 2 aromatic carbocycles. The topological polar surface area (TPSA) is 109 Å². The summed E-state index contributed by atoms with van der Waals surface area (Å²) in [5, 5.41) is 20.6. The lowest BCUT2D eigenvalue weighted by molar-refractivity contribution is 0.220. The maximum atomic E-state index is 10.6. The Bertz CT molecular complexity index is 1010. The van der Waals surface area contributed by atoms with Gasteiger partial charge in [-0.1, -0.05) is 42.1 Å². The second kappa shape index (κ2) is 8.41. The SMILES string of the molecule is N#C/C(=C(/N)Sc1ccccc1N)c1cccc(C(O)c2ccncc2)c1. The molecule has 0 saturated heterocycles. The fourth-order valence-corrected chi connectivity index (χ4v) is 3.44. The first-order valence-corrected chi connectivity index (χ1v) is 9.02. The standard InChI is InChI=1S/C21H18N4OS/c22-13-17(21(24)27-19-7-2-1-6-18(19)23)15-4-3-5-16(12-15)20(26)14-8-10-25-11-9-14/h1-12,20,26H,23-24H2/b21-17+. The molecule has 0 aliphatic heterocycles. The molecular weight excluding hydrogens is 356 g/mol. The van der Waals surface area contributed by atoms with Crippen molar-refractivity contribution in [3.05, 3.63) is 94.8 Å². The molecule has 3 aromatic rings. The number of nitrogens with two attached hydrogens (primary N) is 2. The number of thioether (sulfide) groups is 1. The second-order valence-corrected chi connectivity index (χ2v) is 6.88. The van der Waals surface area contributed by atoms with Crippen LogP contribution in [0.15, 0.2) is 83.0 Å². The van der Waals surface area contributed by atoms with E-state index in [9.17, 15) is 10.4 Å². The number of anilines is 1. The highest BCUT2D eigenvalue weighted by Crippen LogP contribution is 2.33. The highest BCUT2D eigenvalue weighted by atomic mass is 32.2. The van der Waals surface area contributed by atoms with Crippen LogP contribution in [0.25, 0.3) is 5.57 Å². The number of para-hydroxylation sites is 1. The van der Waals surface area contributed by atoms with Crippen molar-refractivity contribution in [1.29, 1.82) is 5.26 Å². The van der Waals surface area contributed by atoms with E-state index in [1.165, 1.54) is 11.8 Å². The predicted octanol–water partition coefficient (Wildman–Crippen LogP) is 3.69. The molecule has 1 atom stereocenters. The molecule has 5 N–H and O–H groups in total. The Labute approximate surface area is 162 Å². The van der Waals surface area contributed by atoms with Crippen molar-refractivity contribution < 1.29 is 5.11 Å². The Morgan fingerprint density at radius 2 is 1.78 bits per heavy atom. The van der Waals surface area contributed by atoms with Crippen molar-refractivity contribution in [2.24, 2.45) is 5.73 Å². The summed E-state index contributed by atoms with van der Waals surface area (Å²) >= 11 is 1.25. The molecule has 27 heavy (non-hydrogen) atoms. The normalized spacial score (nSPS) is 12.7. The molecule has 134 valence electrons. The van der Waals surface area contributed by atoms with Gasteiger partial charge in [-0.05, 0) is 47.0 Å². The lowest BCUT2D eigenvalue weighted by Crippen LogP contribution is -2.02. The lowest BCUT2D eigenvalue weighted by Gasteiger charge is -2.13. The smallest absolute Gasteiger partial charge is 0.104 e. The number of benzene rings is 2. The van der Waals surface area contributed by atoms with Gasteiger partial charge in [-0.2, -0.15) is 5.26 Å². The monoisotopic (exact) mass is 374 g/mol. The van der Waals surface area contributed by atoms with Crippen LogP contribution in [0.4, 0.5) is 5.69 Å². The Kier molecular flexibility index (Phi) is 5.77. The second-order valence-electron chi connectivity index (χ2n) is 5.80. The van der Waals surface area contributed by atoms with Gasteiger partial charge in [0.05, 0.1) is 10.6 Å². The van der Waals surface area contributed by atoms with Gasteiger partial charge >= 0.3 is 0 Å². The number of hydrogen-bond acceptors (Lipinski definition) is 6. The Balaban J connectivity index is 1.94. The van der Waals surface area contributed by atoms with Crippen LogP contribution in [0.3, 0.4) is 0 Å². The summed E-state index contributed by atoms with van der Waals surface area (Å²) in [6.45, 7) is 0. The predicted molar refractivity (Wildman–Crippen MR) is 108 cm³/mol. The summed E-state index contributed by atoms with van der Waals surface area (Å²) in [5.74, 6) is 0. The zero-order valence-electron chi connectivity index (χ0n) is 14.4. The van der Waals surface area contributed by atoms with Crippen molar-refractivity contribution in [3.63, 3.8) is 0 Å².